The van der Waals surface area contributed by atoms with Gasteiger partial charge in [0.15, 0.2) is 0 Å². The van der Waals surface area contributed by atoms with E-state index in [1.54, 1.807) is 7.11 Å². The molecule has 0 spiro atoms. The highest BCUT2D eigenvalue weighted by atomic mass is 16.5. The van der Waals surface area contributed by atoms with Crippen molar-refractivity contribution in [3.63, 3.8) is 0 Å². The molecule has 0 saturated heterocycles. The monoisotopic (exact) mass is 299 g/mol. The molecular formula is C17H17NO4. The lowest BCUT2D eigenvalue weighted by atomic mass is 10.1. The highest BCUT2D eigenvalue weighted by Crippen LogP contribution is 2.38. The van der Waals surface area contributed by atoms with E-state index in [9.17, 15) is 9.59 Å². The first kappa shape index (κ1) is 14.4. The summed E-state index contributed by atoms with van der Waals surface area (Å²) in [6.45, 7) is 0.406. The number of hydrogen-bond acceptors (Lipinski definition) is 3. The first-order valence-electron chi connectivity index (χ1n) is 7.15. The summed E-state index contributed by atoms with van der Waals surface area (Å²) in [6.07, 6.45) is 0.443. The van der Waals surface area contributed by atoms with Crippen LogP contribution < -0.4 is 10.1 Å². The summed E-state index contributed by atoms with van der Waals surface area (Å²) in [6, 6.07) is 11.8. The van der Waals surface area contributed by atoms with Gasteiger partial charge in [0.25, 0.3) is 0 Å². The normalized spacial score (nSPS) is 19.7. The summed E-state index contributed by atoms with van der Waals surface area (Å²) < 4.78 is 5.19. The van der Waals surface area contributed by atoms with Gasteiger partial charge in [-0.3, -0.25) is 9.59 Å². The number of carboxylic acid groups (broad SMARTS) is 1. The van der Waals surface area contributed by atoms with Crippen molar-refractivity contribution in [3.8, 4) is 5.75 Å². The average Bonchev–Trinajstić information content (AvgIpc) is 3.32. The Hall–Kier alpha value is -2.56. The molecule has 5 heteroatoms. The van der Waals surface area contributed by atoms with E-state index in [0.29, 0.717) is 13.0 Å². The van der Waals surface area contributed by atoms with Gasteiger partial charge in [0.1, 0.15) is 5.75 Å². The van der Waals surface area contributed by atoms with Crippen LogP contribution in [0, 0.1) is 11.8 Å². The van der Waals surface area contributed by atoms with E-state index >= 15 is 0 Å². The molecule has 2 N–H and O–H groups in total. The first-order chi connectivity index (χ1) is 10.6. The SMILES string of the molecule is COc1ccc2cc(CNC(=O)C3CC3C(=O)O)ccc2c1. The minimum Gasteiger partial charge on any atom is -0.497 e. The van der Waals surface area contributed by atoms with Crippen LogP contribution in [0.25, 0.3) is 10.8 Å². The zero-order valence-electron chi connectivity index (χ0n) is 12.2. The molecule has 1 fully saturated rings. The average molecular weight is 299 g/mol. The van der Waals surface area contributed by atoms with Crippen LogP contribution in [-0.4, -0.2) is 24.1 Å². The third kappa shape index (κ3) is 2.88. The van der Waals surface area contributed by atoms with E-state index in [1.807, 2.05) is 36.4 Å². The second-order valence-corrected chi connectivity index (χ2v) is 5.55. The summed E-state index contributed by atoms with van der Waals surface area (Å²) in [5, 5.41) is 13.8. The quantitative estimate of drug-likeness (QED) is 0.887. The van der Waals surface area contributed by atoms with E-state index in [2.05, 4.69) is 5.32 Å². The van der Waals surface area contributed by atoms with Crippen LogP contribution in [0.5, 0.6) is 5.75 Å². The minimum atomic E-state index is -0.889. The van der Waals surface area contributed by atoms with Crippen molar-refractivity contribution in [1.82, 2.24) is 5.32 Å². The molecule has 2 aromatic rings. The van der Waals surface area contributed by atoms with E-state index in [-0.39, 0.29) is 11.8 Å². The second kappa shape index (κ2) is 5.67. The number of methoxy groups -OCH3 is 1. The van der Waals surface area contributed by atoms with Crippen molar-refractivity contribution in [2.45, 2.75) is 13.0 Å². The van der Waals surface area contributed by atoms with Crippen molar-refractivity contribution in [1.29, 1.82) is 0 Å². The van der Waals surface area contributed by atoms with Crippen molar-refractivity contribution in [3.05, 3.63) is 42.0 Å². The molecular weight excluding hydrogens is 282 g/mol. The van der Waals surface area contributed by atoms with Gasteiger partial charge in [-0.15, -0.1) is 0 Å². The molecule has 5 nitrogen and oxygen atoms in total. The number of carboxylic acids is 1. The van der Waals surface area contributed by atoms with Gasteiger partial charge in [0.2, 0.25) is 5.91 Å². The number of benzene rings is 2. The topological polar surface area (TPSA) is 75.6 Å². The Morgan fingerprint density at radius 1 is 1.18 bits per heavy atom. The van der Waals surface area contributed by atoms with Crippen molar-refractivity contribution >= 4 is 22.6 Å². The molecule has 2 aromatic carbocycles. The molecule has 2 unspecified atom stereocenters. The molecule has 1 saturated carbocycles. The minimum absolute atomic E-state index is 0.178. The van der Waals surface area contributed by atoms with Crippen molar-refractivity contribution in [2.75, 3.05) is 7.11 Å². The molecule has 0 aromatic heterocycles. The van der Waals surface area contributed by atoms with Crippen LogP contribution in [0.4, 0.5) is 0 Å². The van der Waals surface area contributed by atoms with Crippen molar-refractivity contribution < 1.29 is 19.4 Å². The van der Waals surface area contributed by atoms with E-state index in [1.165, 1.54) is 0 Å². The number of hydrogen-bond donors (Lipinski definition) is 2. The lowest BCUT2D eigenvalue weighted by Crippen LogP contribution is -2.25. The van der Waals surface area contributed by atoms with Crippen LogP contribution in [0.1, 0.15) is 12.0 Å². The number of aliphatic carboxylic acids is 1. The predicted octanol–water partition coefficient (Wildman–Crippen LogP) is 2.19. The Morgan fingerprint density at radius 3 is 2.59 bits per heavy atom. The lowest BCUT2D eigenvalue weighted by Gasteiger charge is -2.07. The summed E-state index contributed by atoms with van der Waals surface area (Å²) in [5.74, 6) is -1.14. The number of nitrogens with one attached hydrogen (secondary N) is 1. The molecule has 114 valence electrons. The molecule has 1 amide bonds. The zero-order valence-corrected chi connectivity index (χ0v) is 12.2. The molecule has 2 atom stereocenters. The molecule has 0 radical (unpaired) electrons. The van der Waals surface area contributed by atoms with Gasteiger partial charge >= 0.3 is 5.97 Å². The van der Waals surface area contributed by atoms with Crippen LogP contribution >= 0.6 is 0 Å². The van der Waals surface area contributed by atoms with Gasteiger partial charge in [-0.25, -0.2) is 0 Å². The molecule has 22 heavy (non-hydrogen) atoms. The van der Waals surface area contributed by atoms with Gasteiger partial charge in [-0.1, -0.05) is 18.2 Å². The van der Waals surface area contributed by atoms with Crippen LogP contribution in [0.2, 0.25) is 0 Å². The number of fused-ring (bicyclic) bond motifs is 1. The van der Waals surface area contributed by atoms with Gasteiger partial charge < -0.3 is 15.2 Å². The maximum absolute atomic E-state index is 11.8. The molecule has 1 aliphatic rings. The summed E-state index contributed by atoms with van der Waals surface area (Å²) in [7, 11) is 1.63. The van der Waals surface area contributed by atoms with Gasteiger partial charge in [-0.2, -0.15) is 0 Å². The number of ether oxygens (including phenoxy) is 1. The number of amides is 1. The number of rotatable bonds is 5. The highest BCUT2D eigenvalue weighted by Gasteiger charge is 2.48. The maximum atomic E-state index is 11.8. The smallest absolute Gasteiger partial charge is 0.307 e. The number of carbonyl (C=O) groups excluding carboxylic acids is 1. The Bertz CT molecular complexity index is 741. The van der Waals surface area contributed by atoms with Gasteiger partial charge in [-0.05, 0) is 41.0 Å². The Kier molecular flexibility index (Phi) is 3.71. The standard InChI is InChI=1S/C17H17NO4/c1-22-13-5-4-11-6-10(2-3-12(11)7-13)9-18-16(19)14-8-15(14)17(20)21/h2-7,14-15H,8-9H2,1H3,(H,18,19)(H,20,21). The lowest BCUT2D eigenvalue weighted by molar-refractivity contribution is -0.140. The molecule has 1 aliphatic carbocycles. The predicted molar refractivity (Wildman–Crippen MR) is 81.6 cm³/mol. The Labute approximate surface area is 127 Å². The summed E-state index contributed by atoms with van der Waals surface area (Å²) in [4.78, 5) is 22.6. The van der Waals surface area contributed by atoms with Gasteiger partial charge in [0.05, 0.1) is 18.9 Å². The Balaban J connectivity index is 1.65. The molecule has 0 aliphatic heterocycles. The molecule has 3 rings (SSSR count). The largest absolute Gasteiger partial charge is 0.497 e. The van der Waals surface area contributed by atoms with Crippen LogP contribution in [-0.2, 0) is 16.1 Å². The maximum Gasteiger partial charge on any atom is 0.307 e. The zero-order chi connectivity index (χ0) is 15.7. The fourth-order valence-corrected chi connectivity index (χ4v) is 2.59. The van der Waals surface area contributed by atoms with E-state index < -0.39 is 11.9 Å². The summed E-state index contributed by atoms with van der Waals surface area (Å²) in [5.41, 5.74) is 0.985. The highest BCUT2D eigenvalue weighted by molar-refractivity contribution is 5.89. The van der Waals surface area contributed by atoms with E-state index in [0.717, 1.165) is 22.1 Å². The van der Waals surface area contributed by atoms with Crippen molar-refractivity contribution in [2.24, 2.45) is 11.8 Å². The van der Waals surface area contributed by atoms with Gasteiger partial charge in [0, 0.05) is 6.54 Å². The summed E-state index contributed by atoms with van der Waals surface area (Å²) >= 11 is 0. The third-order valence-electron chi connectivity index (χ3n) is 4.02. The first-order valence-corrected chi connectivity index (χ1v) is 7.15. The fraction of sp³-hybridized carbons (Fsp3) is 0.294. The fourth-order valence-electron chi connectivity index (χ4n) is 2.59. The Morgan fingerprint density at radius 2 is 1.91 bits per heavy atom. The van der Waals surface area contributed by atoms with Crippen LogP contribution in [0.3, 0.4) is 0 Å². The van der Waals surface area contributed by atoms with E-state index in [4.69, 9.17) is 9.84 Å². The molecule has 0 heterocycles. The molecule has 0 bridgehead atoms. The van der Waals surface area contributed by atoms with Crippen LogP contribution in [0.15, 0.2) is 36.4 Å². The third-order valence-corrected chi connectivity index (χ3v) is 4.02. The second-order valence-electron chi connectivity index (χ2n) is 5.55. The number of carbonyl (C=O) groups is 2.